The Bertz CT molecular complexity index is 819. The Morgan fingerprint density at radius 3 is 2.30 bits per heavy atom. The maximum Gasteiger partial charge on any atom is 0.416 e. The lowest BCUT2D eigenvalue weighted by Gasteiger charge is -2.24. The second-order valence-electron chi connectivity index (χ2n) is 7.48. The number of ether oxygens (including phenoxy) is 2. The second-order valence-corrected chi connectivity index (χ2v) is 7.48. The number of carbonyl (C=O) groups is 1. The lowest BCUT2D eigenvalue weighted by molar-refractivity contribution is -0.141. The van der Waals surface area contributed by atoms with Gasteiger partial charge < -0.3 is 9.47 Å². The Balaban J connectivity index is 1.49. The highest BCUT2D eigenvalue weighted by molar-refractivity contribution is 5.69. The van der Waals surface area contributed by atoms with Gasteiger partial charge in [-0.25, -0.2) is 0 Å². The van der Waals surface area contributed by atoms with E-state index in [0.717, 1.165) is 48.4 Å². The molecule has 3 rings (SSSR count). The molecule has 0 bridgehead atoms. The number of rotatable bonds is 8. The zero-order chi connectivity index (χ0) is 21.6. The first-order chi connectivity index (χ1) is 14.3. The molecule has 1 saturated heterocycles. The molecule has 0 N–H and O–H groups in total. The molecular weight excluding hydrogens is 395 g/mol. The minimum Gasteiger partial charge on any atom is -0.492 e. The summed E-state index contributed by atoms with van der Waals surface area (Å²) in [4.78, 5) is 13.6. The fraction of sp³-hybridized carbons (Fsp3) is 0.435. The maximum absolute atomic E-state index is 12.7. The zero-order valence-electron chi connectivity index (χ0n) is 17.0. The van der Waals surface area contributed by atoms with E-state index < -0.39 is 11.7 Å². The van der Waals surface area contributed by atoms with Gasteiger partial charge in [0.15, 0.2) is 0 Å². The van der Waals surface area contributed by atoms with Crippen molar-refractivity contribution in [2.75, 3.05) is 26.8 Å². The molecule has 0 saturated carbocycles. The van der Waals surface area contributed by atoms with E-state index in [9.17, 15) is 18.0 Å². The molecule has 1 heterocycles. The smallest absolute Gasteiger partial charge is 0.416 e. The van der Waals surface area contributed by atoms with Gasteiger partial charge in [0.1, 0.15) is 12.4 Å². The zero-order valence-corrected chi connectivity index (χ0v) is 17.0. The van der Waals surface area contributed by atoms with E-state index in [1.54, 1.807) is 0 Å². The molecule has 7 heteroatoms. The van der Waals surface area contributed by atoms with Crippen LogP contribution in [0.5, 0.6) is 5.75 Å². The number of carbonyl (C=O) groups excluding carboxylic acids is 1. The Kier molecular flexibility index (Phi) is 7.37. The number of halogens is 3. The quantitative estimate of drug-likeness (QED) is 0.579. The van der Waals surface area contributed by atoms with Crippen molar-refractivity contribution >= 4 is 5.97 Å². The van der Waals surface area contributed by atoms with E-state index in [4.69, 9.17) is 9.47 Å². The molecular formula is C23H26F3NO3. The van der Waals surface area contributed by atoms with Crippen LogP contribution >= 0.6 is 0 Å². The van der Waals surface area contributed by atoms with E-state index >= 15 is 0 Å². The van der Waals surface area contributed by atoms with Crippen molar-refractivity contribution in [3.63, 3.8) is 0 Å². The van der Waals surface area contributed by atoms with Gasteiger partial charge in [-0.1, -0.05) is 24.3 Å². The summed E-state index contributed by atoms with van der Waals surface area (Å²) in [6.07, 6.45) is -1.26. The highest BCUT2D eigenvalue weighted by atomic mass is 19.4. The van der Waals surface area contributed by atoms with Crippen molar-refractivity contribution in [2.24, 2.45) is 0 Å². The SMILES string of the molecule is COC(=O)CCN1CCCC1COc1ccc(Cc2ccc(C(F)(F)F)cc2)cc1. The van der Waals surface area contributed by atoms with Crippen LogP contribution in [-0.4, -0.2) is 43.7 Å². The lowest BCUT2D eigenvalue weighted by atomic mass is 10.0. The van der Waals surface area contributed by atoms with Gasteiger partial charge in [-0.2, -0.15) is 13.2 Å². The van der Waals surface area contributed by atoms with E-state index in [1.165, 1.54) is 19.2 Å². The van der Waals surface area contributed by atoms with Gasteiger partial charge in [0.25, 0.3) is 0 Å². The molecule has 1 fully saturated rings. The van der Waals surface area contributed by atoms with Crippen molar-refractivity contribution in [2.45, 2.75) is 37.9 Å². The highest BCUT2D eigenvalue weighted by Gasteiger charge is 2.30. The van der Waals surface area contributed by atoms with Crippen molar-refractivity contribution in [3.05, 3.63) is 65.2 Å². The van der Waals surface area contributed by atoms with E-state index in [-0.39, 0.29) is 12.0 Å². The first kappa shape index (κ1) is 22.2. The molecule has 0 aliphatic carbocycles. The van der Waals surface area contributed by atoms with Crippen LogP contribution < -0.4 is 4.74 Å². The van der Waals surface area contributed by atoms with Crippen LogP contribution in [-0.2, 0) is 22.1 Å². The Morgan fingerprint density at radius 1 is 1.07 bits per heavy atom. The summed E-state index contributed by atoms with van der Waals surface area (Å²) in [5.41, 5.74) is 1.19. The number of benzene rings is 2. The van der Waals surface area contributed by atoms with Gasteiger partial charge in [-0.05, 0) is 61.2 Å². The molecule has 1 aliphatic rings. The normalized spacial score (nSPS) is 17.1. The number of esters is 1. The van der Waals surface area contributed by atoms with Crippen LogP contribution in [0.4, 0.5) is 13.2 Å². The molecule has 0 radical (unpaired) electrons. The van der Waals surface area contributed by atoms with Crippen molar-refractivity contribution in [1.82, 2.24) is 4.90 Å². The maximum atomic E-state index is 12.7. The minimum atomic E-state index is -4.31. The fourth-order valence-corrected chi connectivity index (χ4v) is 3.66. The monoisotopic (exact) mass is 421 g/mol. The van der Waals surface area contributed by atoms with Gasteiger partial charge >= 0.3 is 12.1 Å². The van der Waals surface area contributed by atoms with Crippen LogP contribution in [0.15, 0.2) is 48.5 Å². The fourth-order valence-electron chi connectivity index (χ4n) is 3.66. The van der Waals surface area contributed by atoms with Crippen LogP contribution in [0, 0.1) is 0 Å². The first-order valence-electron chi connectivity index (χ1n) is 10.0. The van der Waals surface area contributed by atoms with Crippen LogP contribution in [0.3, 0.4) is 0 Å². The minimum absolute atomic E-state index is 0.204. The largest absolute Gasteiger partial charge is 0.492 e. The summed E-state index contributed by atoms with van der Waals surface area (Å²) in [6.45, 7) is 2.18. The highest BCUT2D eigenvalue weighted by Crippen LogP contribution is 2.29. The molecule has 0 amide bonds. The predicted octanol–water partition coefficient (Wildman–Crippen LogP) is 4.70. The topological polar surface area (TPSA) is 38.8 Å². The number of nitrogens with zero attached hydrogens (tertiary/aromatic N) is 1. The van der Waals surface area contributed by atoms with E-state index in [1.807, 2.05) is 24.3 Å². The Hall–Kier alpha value is -2.54. The summed E-state index contributed by atoms with van der Waals surface area (Å²) >= 11 is 0. The van der Waals surface area contributed by atoms with Gasteiger partial charge in [0.2, 0.25) is 0 Å². The summed E-state index contributed by atoms with van der Waals surface area (Å²) in [5, 5.41) is 0. The van der Waals surface area contributed by atoms with E-state index in [2.05, 4.69) is 4.90 Å². The van der Waals surface area contributed by atoms with Crippen molar-refractivity contribution in [3.8, 4) is 5.75 Å². The molecule has 0 aromatic heterocycles. The molecule has 0 spiro atoms. The number of hydrogen-bond donors (Lipinski definition) is 0. The number of alkyl halides is 3. The second kappa shape index (κ2) is 9.98. The van der Waals surface area contributed by atoms with Crippen LogP contribution in [0.1, 0.15) is 36.0 Å². The van der Waals surface area contributed by atoms with Crippen LogP contribution in [0.25, 0.3) is 0 Å². The van der Waals surface area contributed by atoms with Crippen molar-refractivity contribution in [1.29, 1.82) is 0 Å². The van der Waals surface area contributed by atoms with Gasteiger partial charge in [0, 0.05) is 12.6 Å². The standard InChI is InChI=1S/C23H26F3NO3/c1-29-22(28)12-14-27-13-2-3-20(27)16-30-21-10-6-18(7-11-21)15-17-4-8-19(9-5-17)23(24,25)26/h4-11,20H,2-3,12-16H2,1H3. The molecule has 162 valence electrons. The Morgan fingerprint density at radius 2 is 1.70 bits per heavy atom. The average molecular weight is 421 g/mol. The van der Waals surface area contributed by atoms with Crippen molar-refractivity contribution < 1.29 is 27.4 Å². The molecule has 1 atom stereocenters. The molecule has 2 aromatic carbocycles. The Labute approximate surface area is 174 Å². The van der Waals surface area contributed by atoms with E-state index in [0.29, 0.717) is 26.0 Å². The molecule has 4 nitrogen and oxygen atoms in total. The molecule has 2 aromatic rings. The third-order valence-electron chi connectivity index (χ3n) is 5.39. The third-order valence-corrected chi connectivity index (χ3v) is 5.39. The predicted molar refractivity (Wildman–Crippen MR) is 107 cm³/mol. The summed E-state index contributed by atoms with van der Waals surface area (Å²) in [7, 11) is 1.40. The molecule has 1 aliphatic heterocycles. The molecule has 30 heavy (non-hydrogen) atoms. The van der Waals surface area contributed by atoms with Gasteiger partial charge in [-0.3, -0.25) is 9.69 Å². The summed E-state index contributed by atoms with van der Waals surface area (Å²) in [6, 6.07) is 13.1. The lowest BCUT2D eigenvalue weighted by Crippen LogP contribution is -2.35. The number of hydrogen-bond acceptors (Lipinski definition) is 4. The number of methoxy groups -OCH3 is 1. The average Bonchev–Trinajstić information content (AvgIpc) is 3.18. The first-order valence-corrected chi connectivity index (χ1v) is 10.0. The molecule has 1 unspecified atom stereocenters. The summed E-state index contributed by atoms with van der Waals surface area (Å²) in [5.74, 6) is 0.552. The van der Waals surface area contributed by atoms with Crippen LogP contribution in [0.2, 0.25) is 0 Å². The van der Waals surface area contributed by atoms with Gasteiger partial charge in [0.05, 0.1) is 19.1 Å². The third kappa shape index (κ3) is 6.23. The summed E-state index contributed by atoms with van der Waals surface area (Å²) < 4.78 is 48.6. The van der Waals surface area contributed by atoms with Gasteiger partial charge in [-0.15, -0.1) is 0 Å². The number of likely N-dealkylation sites (tertiary alicyclic amines) is 1.